The standard InChI is InChI=1S/C17H10Cl2O5/c18-12-4-2-1-3-10(12)11-7-24-14-6-9(23-8-15(20)21)5-13(19)16(14)17(11)22/h1-7H,8H2,(H,20,21). The van der Waals surface area contributed by atoms with Gasteiger partial charge in [0.1, 0.15) is 17.6 Å². The van der Waals surface area contributed by atoms with Gasteiger partial charge in [0.25, 0.3) is 0 Å². The molecular weight excluding hydrogens is 355 g/mol. The molecule has 1 N–H and O–H groups in total. The number of aliphatic carboxylic acids is 1. The van der Waals surface area contributed by atoms with Gasteiger partial charge in [-0.15, -0.1) is 0 Å². The summed E-state index contributed by atoms with van der Waals surface area (Å²) < 4.78 is 10.6. The molecular formula is C17H10Cl2O5. The first-order chi connectivity index (χ1) is 11.5. The number of carboxylic acids is 1. The van der Waals surface area contributed by atoms with E-state index >= 15 is 0 Å². The summed E-state index contributed by atoms with van der Waals surface area (Å²) in [5, 5.41) is 9.35. The third-order valence-corrected chi connectivity index (χ3v) is 3.96. The van der Waals surface area contributed by atoms with Gasteiger partial charge in [-0.05, 0) is 12.1 Å². The largest absolute Gasteiger partial charge is 0.482 e. The maximum atomic E-state index is 12.7. The number of halogens is 2. The fraction of sp³-hybridized carbons (Fsp3) is 0.0588. The van der Waals surface area contributed by atoms with Crippen molar-refractivity contribution in [1.82, 2.24) is 0 Å². The van der Waals surface area contributed by atoms with Gasteiger partial charge in [0.2, 0.25) is 5.43 Å². The normalized spacial score (nSPS) is 10.8. The van der Waals surface area contributed by atoms with Gasteiger partial charge in [-0.2, -0.15) is 0 Å². The van der Waals surface area contributed by atoms with Crippen molar-refractivity contribution in [3.63, 3.8) is 0 Å². The van der Waals surface area contributed by atoms with E-state index in [1.807, 2.05) is 0 Å². The van der Waals surface area contributed by atoms with E-state index < -0.39 is 12.6 Å². The second kappa shape index (κ2) is 6.55. The molecule has 7 heteroatoms. The molecule has 3 aromatic rings. The van der Waals surface area contributed by atoms with Gasteiger partial charge in [0.05, 0.1) is 16.0 Å². The van der Waals surface area contributed by atoms with Crippen LogP contribution >= 0.6 is 23.2 Å². The Morgan fingerprint density at radius 2 is 1.88 bits per heavy atom. The molecule has 3 rings (SSSR count). The summed E-state index contributed by atoms with van der Waals surface area (Å²) in [4.78, 5) is 23.3. The third kappa shape index (κ3) is 3.09. The highest BCUT2D eigenvalue weighted by atomic mass is 35.5. The van der Waals surface area contributed by atoms with Gasteiger partial charge in [-0.1, -0.05) is 41.4 Å². The average Bonchev–Trinajstić information content (AvgIpc) is 2.54. The minimum Gasteiger partial charge on any atom is -0.482 e. The quantitative estimate of drug-likeness (QED) is 0.749. The monoisotopic (exact) mass is 364 g/mol. The molecule has 0 saturated carbocycles. The van der Waals surface area contributed by atoms with Crippen LogP contribution in [0.25, 0.3) is 22.1 Å². The van der Waals surface area contributed by atoms with Crippen molar-refractivity contribution in [3.8, 4) is 16.9 Å². The smallest absolute Gasteiger partial charge is 0.341 e. The van der Waals surface area contributed by atoms with E-state index in [0.29, 0.717) is 10.6 Å². The Kier molecular flexibility index (Phi) is 4.46. The molecule has 0 radical (unpaired) electrons. The zero-order valence-electron chi connectivity index (χ0n) is 12.1. The number of ether oxygens (including phenoxy) is 1. The first kappa shape index (κ1) is 16.4. The Morgan fingerprint density at radius 3 is 2.58 bits per heavy atom. The minimum atomic E-state index is -1.12. The molecule has 0 bridgehead atoms. The van der Waals surface area contributed by atoms with E-state index in [9.17, 15) is 9.59 Å². The second-order valence-electron chi connectivity index (χ2n) is 4.92. The number of benzene rings is 2. The zero-order chi connectivity index (χ0) is 17.3. The molecule has 1 aromatic heterocycles. The Morgan fingerprint density at radius 1 is 1.12 bits per heavy atom. The van der Waals surface area contributed by atoms with Crippen molar-refractivity contribution in [3.05, 3.63) is 62.9 Å². The molecule has 122 valence electrons. The molecule has 0 aliphatic rings. The van der Waals surface area contributed by atoms with E-state index in [0.717, 1.165) is 0 Å². The van der Waals surface area contributed by atoms with Gasteiger partial charge in [-0.3, -0.25) is 4.79 Å². The van der Waals surface area contributed by atoms with Gasteiger partial charge < -0.3 is 14.3 Å². The Bertz CT molecular complexity index is 994. The maximum absolute atomic E-state index is 12.7. The van der Waals surface area contributed by atoms with E-state index in [4.69, 9.17) is 37.5 Å². The van der Waals surface area contributed by atoms with E-state index in [2.05, 4.69) is 0 Å². The second-order valence-corrected chi connectivity index (χ2v) is 5.73. The first-order valence-electron chi connectivity index (χ1n) is 6.82. The topological polar surface area (TPSA) is 76.7 Å². The Balaban J connectivity index is 2.15. The maximum Gasteiger partial charge on any atom is 0.341 e. The predicted octanol–water partition coefficient (Wildman–Crippen LogP) is 4.23. The number of carbonyl (C=O) groups is 1. The number of hydrogen-bond acceptors (Lipinski definition) is 4. The SMILES string of the molecule is O=C(O)COc1cc(Cl)c2c(=O)c(-c3ccccc3Cl)coc2c1. The van der Waals surface area contributed by atoms with E-state index in [1.165, 1.54) is 18.4 Å². The number of carboxylic acid groups (broad SMARTS) is 1. The lowest BCUT2D eigenvalue weighted by atomic mass is 10.1. The van der Waals surface area contributed by atoms with Crippen LogP contribution in [0.15, 0.2) is 51.9 Å². The molecule has 5 nitrogen and oxygen atoms in total. The van der Waals surface area contributed by atoms with Crippen LogP contribution in [0.4, 0.5) is 0 Å². The van der Waals surface area contributed by atoms with E-state index in [-0.39, 0.29) is 32.7 Å². The van der Waals surface area contributed by atoms with Crippen LogP contribution in [0.3, 0.4) is 0 Å². The summed E-state index contributed by atoms with van der Waals surface area (Å²) in [5.74, 6) is -0.926. The summed E-state index contributed by atoms with van der Waals surface area (Å²) in [7, 11) is 0. The molecule has 0 aliphatic heterocycles. The summed E-state index contributed by atoms with van der Waals surface area (Å²) >= 11 is 12.3. The summed E-state index contributed by atoms with van der Waals surface area (Å²) in [5.41, 5.74) is 0.689. The van der Waals surface area contributed by atoms with Crippen molar-refractivity contribution in [1.29, 1.82) is 0 Å². The van der Waals surface area contributed by atoms with Gasteiger partial charge in [0.15, 0.2) is 6.61 Å². The molecule has 0 amide bonds. The molecule has 1 heterocycles. The average molecular weight is 365 g/mol. The fourth-order valence-corrected chi connectivity index (χ4v) is 2.80. The molecule has 0 spiro atoms. The zero-order valence-corrected chi connectivity index (χ0v) is 13.6. The van der Waals surface area contributed by atoms with Gasteiger partial charge >= 0.3 is 5.97 Å². The number of fused-ring (bicyclic) bond motifs is 1. The summed E-state index contributed by atoms with van der Waals surface area (Å²) in [6.07, 6.45) is 1.29. The lowest BCUT2D eigenvalue weighted by molar-refractivity contribution is -0.139. The van der Waals surface area contributed by atoms with Crippen LogP contribution in [0.5, 0.6) is 5.75 Å². The van der Waals surface area contributed by atoms with Crippen molar-refractivity contribution < 1.29 is 19.1 Å². The number of hydrogen-bond donors (Lipinski definition) is 1. The van der Waals surface area contributed by atoms with Crippen LogP contribution in [0.2, 0.25) is 10.0 Å². The number of rotatable bonds is 4. The summed E-state index contributed by atoms with van der Waals surface area (Å²) in [6, 6.07) is 9.69. The molecule has 2 aromatic carbocycles. The summed E-state index contributed by atoms with van der Waals surface area (Å²) in [6.45, 7) is -0.524. The highest BCUT2D eigenvalue weighted by molar-refractivity contribution is 6.35. The lowest BCUT2D eigenvalue weighted by Crippen LogP contribution is -2.10. The van der Waals surface area contributed by atoms with Crippen LogP contribution in [0, 0.1) is 0 Å². The van der Waals surface area contributed by atoms with Crippen LogP contribution in [-0.4, -0.2) is 17.7 Å². The van der Waals surface area contributed by atoms with Crippen LogP contribution < -0.4 is 10.2 Å². The Labute approximate surface area is 146 Å². The van der Waals surface area contributed by atoms with E-state index in [1.54, 1.807) is 24.3 Å². The van der Waals surface area contributed by atoms with Crippen molar-refractivity contribution in [2.75, 3.05) is 6.61 Å². The molecule has 0 saturated heterocycles. The minimum absolute atomic E-state index is 0.107. The van der Waals surface area contributed by atoms with Crippen LogP contribution in [-0.2, 0) is 4.79 Å². The van der Waals surface area contributed by atoms with Crippen molar-refractivity contribution >= 4 is 40.1 Å². The van der Waals surface area contributed by atoms with Gasteiger partial charge in [0, 0.05) is 16.7 Å². The fourth-order valence-electron chi connectivity index (χ4n) is 2.28. The molecule has 24 heavy (non-hydrogen) atoms. The highest BCUT2D eigenvalue weighted by Gasteiger charge is 2.15. The lowest BCUT2D eigenvalue weighted by Gasteiger charge is -2.08. The highest BCUT2D eigenvalue weighted by Crippen LogP contribution is 2.31. The Hall–Kier alpha value is -2.50. The first-order valence-corrected chi connectivity index (χ1v) is 7.57. The van der Waals surface area contributed by atoms with Gasteiger partial charge in [-0.25, -0.2) is 4.79 Å². The predicted molar refractivity (Wildman–Crippen MR) is 91.1 cm³/mol. The van der Waals surface area contributed by atoms with Crippen molar-refractivity contribution in [2.24, 2.45) is 0 Å². The molecule has 0 unspecified atom stereocenters. The van der Waals surface area contributed by atoms with Crippen molar-refractivity contribution in [2.45, 2.75) is 0 Å². The van der Waals surface area contributed by atoms with Crippen LogP contribution in [0.1, 0.15) is 0 Å². The molecule has 0 atom stereocenters. The molecule has 0 fully saturated rings. The molecule has 0 aliphatic carbocycles. The third-order valence-electron chi connectivity index (χ3n) is 3.33.